The number of nitrogens with one attached hydrogen (secondary N) is 2. The fraction of sp³-hybridized carbons (Fsp3) is 0.409. The molecule has 154 valence electrons. The molecule has 4 rings (SSSR count). The van der Waals surface area contributed by atoms with Crippen LogP contribution in [0.15, 0.2) is 42.5 Å². The average Bonchev–Trinajstić information content (AvgIpc) is 3.18. The Balaban J connectivity index is 1.54. The number of hydrogen-bond acceptors (Lipinski definition) is 3. The monoisotopic (exact) mass is 417 g/mol. The number of anilines is 2. The summed E-state index contributed by atoms with van der Waals surface area (Å²) in [7, 11) is 0. The van der Waals surface area contributed by atoms with Crippen LogP contribution in [0.1, 0.15) is 31.2 Å². The van der Waals surface area contributed by atoms with Gasteiger partial charge in [0, 0.05) is 18.1 Å². The van der Waals surface area contributed by atoms with E-state index >= 15 is 0 Å². The van der Waals surface area contributed by atoms with Gasteiger partial charge in [0.05, 0.1) is 30.1 Å². The third kappa shape index (κ3) is 4.49. The highest BCUT2D eigenvalue weighted by Gasteiger charge is 2.37. The molecule has 2 N–H and O–H groups in total. The Morgan fingerprint density at radius 2 is 1.76 bits per heavy atom. The lowest BCUT2D eigenvalue weighted by atomic mass is 9.88. The molecule has 1 aliphatic carbocycles. The number of benzene rings is 2. The molecule has 0 radical (unpaired) electrons. The summed E-state index contributed by atoms with van der Waals surface area (Å²) >= 11 is 6.20. The van der Waals surface area contributed by atoms with Gasteiger partial charge in [-0.1, -0.05) is 36.6 Å². The molecule has 1 aliphatic heterocycles. The van der Waals surface area contributed by atoms with Gasteiger partial charge in [0.25, 0.3) is 0 Å². The second kappa shape index (κ2) is 8.59. The minimum Gasteiger partial charge on any atom is -0.378 e. The predicted octanol–water partition coefficient (Wildman–Crippen LogP) is 4.91. The Morgan fingerprint density at radius 1 is 1.07 bits per heavy atom. The van der Waals surface area contributed by atoms with E-state index in [4.69, 9.17) is 16.3 Å². The molecule has 2 aromatic carbocycles. The lowest BCUT2D eigenvalue weighted by Crippen LogP contribution is -2.46. The van der Waals surface area contributed by atoms with E-state index in [0.29, 0.717) is 23.9 Å². The SMILES string of the molecule is O=C(Nc1cc(Cl)ccc1N1CCOCC1)NC1(c2ccc(F)cc2)CCCC1. The van der Waals surface area contributed by atoms with Gasteiger partial charge in [-0.05, 0) is 48.7 Å². The van der Waals surface area contributed by atoms with Crippen LogP contribution >= 0.6 is 11.6 Å². The Labute approximate surface area is 175 Å². The number of ether oxygens (including phenoxy) is 1. The van der Waals surface area contributed by atoms with Gasteiger partial charge in [0.2, 0.25) is 0 Å². The normalized spacial score (nSPS) is 18.5. The van der Waals surface area contributed by atoms with Crippen LogP contribution in [0.4, 0.5) is 20.6 Å². The predicted molar refractivity (Wildman–Crippen MR) is 113 cm³/mol. The topological polar surface area (TPSA) is 53.6 Å². The van der Waals surface area contributed by atoms with Crippen molar-refractivity contribution in [3.63, 3.8) is 0 Å². The number of amides is 2. The van der Waals surface area contributed by atoms with E-state index in [-0.39, 0.29) is 11.8 Å². The van der Waals surface area contributed by atoms with Gasteiger partial charge in [-0.2, -0.15) is 0 Å². The molecule has 0 aromatic heterocycles. The minimum absolute atomic E-state index is 0.277. The van der Waals surface area contributed by atoms with Gasteiger partial charge >= 0.3 is 6.03 Å². The van der Waals surface area contributed by atoms with E-state index in [1.54, 1.807) is 18.2 Å². The summed E-state index contributed by atoms with van der Waals surface area (Å²) in [5, 5.41) is 6.72. The van der Waals surface area contributed by atoms with E-state index in [0.717, 1.165) is 50.0 Å². The number of hydrogen-bond donors (Lipinski definition) is 2. The first-order chi connectivity index (χ1) is 14.1. The van der Waals surface area contributed by atoms with Crippen molar-refractivity contribution in [3.05, 3.63) is 58.9 Å². The molecule has 0 atom stereocenters. The molecule has 0 unspecified atom stereocenters. The second-order valence-corrected chi connectivity index (χ2v) is 8.07. The van der Waals surface area contributed by atoms with Crippen LogP contribution in [0.25, 0.3) is 0 Å². The summed E-state index contributed by atoms with van der Waals surface area (Å²) in [5.74, 6) is -0.277. The maximum atomic E-state index is 13.4. The van der Waals surface area contributed by atoms with Crippen molar-refractivity contribution in [2.45, 2.75) is 31.2 Å². The maximum absolute atomic E-state index is 13.4. The Bertz CT molecular complexity index is 863. The van der Waals surface area contributed by atoms with Crippen molar-refractivity contribution in [1.29, 1.82) is 0 Å². The summed E-state index contributed by atoms with van der Waals surface area (Å²) in [4.78, 5) is 15.2. The number of rotatable bonds is 4. The highest BCUT2D eigenvalue weighted by Crippen LogP contribution is 2.39. The third-order valence-electron chi connectivity index (χ3n) is 5.77. The van der Waals surface area contributed by atoms with Crippen molar-refractivity contribution in [1.82, 2.24) is 5.32 Å². The summed E-state index contributed by atoms with van der Waals surface area (Å²) in [5.41, 5.74) is 2.06. The van der Waals surface area contributed by atoms with E-state index < -0.39 is 5.54 Å². The lowest BCUT2D eigenvalue weighted by molar-refractivity contribution is 0.123. The Morgan fingerprint density at radius 3 is 2.45 bits per heavy atom. The number of urea groups is 1. The third-order valence-corrected chi connectivity index (χ3v) is 6.00. The largest absolute Gasteiger partial charge is 0.378 e. The van der Waals surface area contributed by atoms with E-state index in [1.807, 2.05) is 12.1 Å². The van der Waals surface area contributed by atoms with Crippen LogP contribution in [-0.2, 0) is 10.3 Å². The average molecular weight is 418 g/mol. The van der Waals surface area contributed by atoms with Gasteiger partial charge < -0.3 is 20.3 Å². The molecular formula is C22H25ClFN3O2. The fourth-order valence-electron chi connectivity index (χ4n) is 4.29. The Hall–Kier alpha value is -2.31. The molecule has 5 nitrogen and oxygen atoms in total. The lowest BCUT2D eigenvalue weighted by Gasteiger charge is -2.33. The van der Waals surface area contributed by atoms with Crippen LogP contribution in [0.3, 0.4) is 0 Å². The molecule has 1 saturated carbocycles. The zero-order valence-electron chi connectivity index (χ0n) is 16.2. The summed E-state index contributed by atoms with van der Waals surface area (Å²) in [6, 6.07) is 11.7. The Kier molecular flexibility index (Phi) is 5.92. The van der Waals surface area contributed by atoms with Crippen molar-refractivity contribution in [2.24, 2.45) is 0 Å². The number of carbonyl (C=O) groups is 1. The van der Waals surface area contributed by atoms with Gasteiger partial charge in [-0.3, -0.25) is 0 Å². The van der Waals surface area contributed by atoms with Gasteiger partial charge in [-0.15, -0.1) is 0 Å². The molecule has 2 fully saturated rings. The minimum atomic E-state index is -0.477. The molecule has 1 heterocycles. The summed E-state index contributed by atoms with van der Waals surface area (Å²) < 4.78 is 18.8. The van der Waals surface area contributed by atoms with E-state index in [2.05, 4.69) is 15.5 Å². The van der Waals surface area contributed by atoms with Crippen LogP contribution in [0.2, 0.25) is 5.02 Å². The standard InChI is InChI=1S/C22H25ClFN3O2/c23-17-5-8-20(27-11-13-29-14-12-27)19(15-17)25-21(28)26-22(9-1-2-10-22)16-3-6-18(24)7-4-16/h3-8,15H,1-2,9-14H2,(H2,25,26,28). The first-order valence-corrected chi connectivity index (χ1v) is 10.4. The number of nitrogens with zero attached hydrogens (tertiary/aromatic N) is 1. The molecule has 0 spiro atoms. The molecule has 2 amide bonds. The zero-order chi connectivity index (χ0) is 20.3. The zero-order valence-corrected chi connectivity index (χ0v) is 17.0. The highest BCUT2D eigenvalue weighted by atomic mass is 35.5. The molecule has 2 aromatic rings. The van der Waals surface area contributed by atoms with E-state index in [9.17, 15) is 9.18 Å². The first-order valence-electron chi connectivity index (χ1n) is 10.0. The van der Waals surface area contributed by atoms with Crippen molar-refractivity contribution in [3.8, 4) is 0 Å². The number of carbonyl (C=O) groups excluding carboxylic acids is 1. The summed E-state index contributed by atoms with van der Waals surface area (Å²) in [6.45, 7) is 2.83. The molecule has 1 saturated heterocycles. The van der Waals surface area contributed by atoms with Crippen LogP contribution in [0.5, 0.6) is 0 Å². The fourth-order valence-corrected chi connectivity index (χ4v) is 4.46. The van der Waals surface area contributed by atoms with Crippen LogP contribution < -0.4 is 15.5 Å². The van der Waals surface area contributed by atoms with E-state index in [1.165, 1.54) is 12.1 Å². The van der Waals surface area contributed by atoms with Crippen LogP contribution in [-0.4, -0.2) is 32.3 Å². The first kappa shape index (κ1) is 20.0. The smallest absolute Gasteiger partial charge is 0.319 e. The quantitative estimate of drug-likeness (QED) is 0.743. The van der Waals surface area contributed by atoms with Gasteiger partial charge in [-0.25, -0.2) is 9.18 Å². The second-order valence-electron chi connectivity index (χ2n) is 7.64. The highest BCUT2D eigenvalue weighted by molar-refractivity contribution is 6.31. The molecule has 7 heteroatoms. The molecule has 29 heavy (non-hydrogen) atoms. The molecular weight excluding hydrogens is 393 g/mol. The van der Waals surface area contributed by atoms with Crippen LogP contribution in [0, 0.1) is 5.82 Å². The van der Waals surface area contributed by atoms with Crippen molar-refractivity contribution < 1.29 is 13.9 Å². The van der Waals surface area contributed by atoms with Crippen molar-refractivity contribution >= 4 is 29.0 Å². The van der Waals surface area contributed by atoms with Gasteiger partial charge in [0.15, 0.2) is 0 Å². The molecule has 0 bridgehead atoms. The molecule has 2 aliphatic rings. The van der Waals surface area contributed by atoms with Crippen molar-refractivity contribution in [2.75, 3.05) is 36.5 Å². The number of halogens is 2. The number of morpholine rings is 1. The summed E-state index contributed by atoms with van der Waals surface area (Å²) in [6.07, 6.45) is 3.71. The van der Waals surface area contributed by atoms with Gasteiger partial charge in [0.1, 0.15) is 5.82 Å². The maximum Gasteiger partial charge on any atom is 0.319 e.